The summed E-state index contributed by atoms with van der Waals surface area (Å²) in [5.74, 6) is 0.583. The minimum atomic E-state index is -0.545. The van der Waals surface area contributed by atoms with Gasteiger partial charge < -0.3 is 15.0 Å². The summed E-state index contributed by atoms with van der Waals surface area (Å²) in [6, 6.07) is 25.8. The molecular weight excluding hydrogens is 362 g/mol. The Morgan fingerprint density at radius 3 is 2.59 bits per heavy atom. The third-order valence-corrected chi connectivity index (χ3v) is 5.09. The lowest BCUT2D eigenvalue weighted by Gasteiger charge is -2.35. The zero-order chi connectivity index (χ0) is 20.2. The topological polar surface area (TPSA) is 65.4 Å². The van der Waals surface area contributed by atoms with Crippen LogP contribution in [0.15, 0.2) is 72.8 Å². The normalized spacial score (nSPS) is 15.0. The number of hydrogen-bond donors (Lipinski definition) is 1. The van der Waals surface area contributed by atoms with E-state index in [1.165, 1.54) is 0 Å². The number of carbonyl (C=O) groups excluding carboxylic acids is 1. The maximum atomic E-state index is 12.1. The van der Waals surface area contributed by atoms with Crippen molar-refractivity contribution in [3.8, 4) is 22.9 Å². The van der Waals surface area contributed by atoms with Crippen molar-refractivity contribution in [1.29, 1.82) is 5.26 Å². The maximum Gasteiger partial charge on any atom is 0.262 e. The molecule has 0 saturated heterocycles. The Kier molecular flexibility index (Phi) is 5.17. The highest BCUT2D eigenvalue weighted by Gasteiger charge is 2.30. The highest BCUT2D eigenvalue weighted by atomic mass is 16.5. The molecule has 3 aromatic carbocycles. The Morgan fingerprint density at radius 2 is 1.83 bits per heavy atom. The average Bonchev–Trinajstić information content (AvgIpc) is 2.79. The predicted molar refractivity (Wildman–Crippen MR) is 113 cm³/mol. The molecule has 5 heteroatoms. The second-order valence-electron chi connectivity index (χ2n) is 6.92. The number of amides is 1. The predicted octanol–water partition coefficient (Wildman–Crippen LogP) is 3.74. The van der Waals surface area contributed by atoms with Gasteiger partial charge in [-0.2, -0.15) is 5.26 Å². The molecule has 0 fully saturated rings. The standard InChI is InChI=1S/C24H21N3O2/c1-26-24(28)23-16-27(21-8-4-5-9-22(21)29-23)15-17-10-12-18(13-11-17)20-7-3-2-6-19(20)14-25/h2-13,23H,15-16H2,1H3,(H,26,28)/t23-/m1/s1. The third-order valence-electron chi connectivity index (χ3n) is 5.09. The number of anilines is 1. The molecular formula is C24H21N3O2. The molecule has 1 aliphatic heterocycles. The van der Waals surface area contributed by atoms with Crippen LogP contribution in [0.25, 0.3) is 11.1 Å². The Bertz CT molecular complexity index is 1070. The van der Waals surface area contributed by atoms with Crippen LogP contribution in [0.3, 0.4) is 0 Å². The van der Waals surface area contributed by atoms with Gasteiger partial charge in [0.25, 0.3) is 5.91 Å². The van der Waals surface area contributed by atoms with Crippen molar-refractivity contribution in [2.24, 2.45) is 0 Å². The van der Waals surface area contributed by atoms with E-state index in [0.717, 1.165) is 22.4 Å². The number of nitriles is 1. The fraction of sp³-hybridized carbons (Fsp3) is 0.167. The van der Waals surface area contributed by atoms with Gasteiger partial charge in [0, 0.05) is 13.6 Å². The van der Waals surface area contributed by atoms with Gasteiger partial charge in [-0.15, -0.1) is 0 Å². The smallest absolute Gasteiger partial charge is 0.262 e. The molecule has 0 aliphatic carbocycles. The molecule has 3 aromatic rings. The van der Waals surface area contributed by atoms with Gasteiger partial charge in [0.05, 0.1) is 23.9 Å². The van der Waals surface area contributed by atoms with Crippen LogP contribution < -0.4 is 15.0 Å². The summed E-state index contributed by atoms with van der Waals surface area (Å²) in [4.78, 5) is 14.3. The molecule has 4 rings (SSSR count). The summed E-state index contributed by atoms with van der Waals surface area (Å²) in [5, 5.41) is 12.0. The molecule has 1 heterocycles. The quantitative estimate of drug-likeness (QED) is 0.745. The van der Waals surface area contributed by atoms with Crippen LogP contribution in [-0.2, 0) is 11.3 Å². The number of nitrogens with zero attached hydrogens (tertiary/aromatic N) is 2. The SMILES string of the molecule is CNC(=O)[C@H]1CN(Cc2ccc(-c3ccccc3C#N)cc2)c2ccccc2O1. The number of nitrogens with one attached hydrogen (secondary N) is 1. The molecule has 1 N–H and O–H groups in total. The van der Waals surface area contributed by atoms with E-state index in [4.69, 9.17) is 4.74 Å². The van der Waals surface area contributed by atoms with Gasteiger partial charge >= 0.3 is 0 Å². The first-order valence-electron chi connectivity index (χ1n) is 9.50. The monoisotopic (exact) mass is 383 g/mol. The van der Waals surface area contributed by atoms with Gasteiger partial charge in [-0.25, -0.2) is 0 Å². The molecule has 1 aliphatic rings. The van der Waals surface area contributed by atoms with Crippen molar-refractivity contribution in [3.05, 3.63) is 83.9 Å². The van der Waals surface area contributed by atoms with E-state index in [1.54, 1.807) is 7.05 Å². The fourth-order valence-corrected chi connectivity index (χ4v) is 3.60. The van der Waals surface area contributed by atoms with Crippen molar-refractivity contribution >= 4 is 11.6 Å². The molecule has 29 heavy (non-hydrogen) atoms. The number of carbonyl (C=O) groups is 1. The molecule has 0 saturated carbocycles. The molecule has 144 valence electrons. The summed E-state index contributed by atoms with van der Waals surface area (Å²) >= 11 is 0. The Morgan fingerprint density at radius 1 is 1.10 bits per heavy atom. The van der Waals surface area contributed by atoms with Crippen molar-refractivity contribution in [2.45, 2.75) is 12.6 Å². The summed E-state index contributed by atoms with van der Waals surface area (Å²) in [5.41, 5.74) is 4.70. The van der Waals surface area contributed by atoms with Gasteiger partial charge in [0.15, 0.2) is 6.10 Å². The summed E-state index contributed by atoms with van der Waals surface area (Å²) in [7, 11) is 1.62. The fourth-order valence-electron chi connectivity index (χ4n) is 3.60. The van der Waals surface area contributed by atoms with E-state index in [-0.39, 0.29) is 5.91 Å². The molecule has 1 atom stereocenters. The second-order valence-corrected chi connectivity index (χ2v) is 6.92. The highest BCUT2D eigenvalue weighted by molar-refractivity contribution is 5.83. The Hall–Kier alpha value is -3.78. The largest absolute Gasteiger partial charge is 0.477 e. The lowest BCUT2D eigenvalue weighted by atomic mass is 9.99. The highest BCUT2D eigenvalue weighted by Crippen LogP contribution is 2.34. The molecule has 0 unspecified atom stereocenters. The first-order chi connectivity index (χ1) is 14.2. The van der Waals surface area contributed by atoms with Gasteiger partial charge in [-0.1, -0.05) is 54.6 Å². The van der Waals surface area contributed by atoms with Crippen LogP contribution in [0.4, 0.5) is 5.69 Å². The number of rotatable bonds is 4. The summed E-state index contributed by atoms with van der Waals surface area (Å²) in [6.07, 6.45) is -0.545. The number of benzene rings is 3. The molecule has 0 bridgehead atoms. The lowest BCUT2D eigenvalue weighted by molar-refractivity contribution is -0.127. The van der Waals surface area contributed by atoms with E-state index < -0.39 is 6.10 Å². The number of ether oxygens (including phenoxy) is 1. The maximum absolute atomic E-state index is 12.1. The van der Waals surface area contributed by atoms with E-state index in [0.29, 0.717) is 24.4 Å². The van der Waals surface area contributed by atoms with E-state index in [9.17, 15) is 10.1 Å². The van der Waals surface area contributed by atoms with E-state index >= 15 is 0 Å². The van der Waals surface area contributed by atoms with Crippen LogP contribution in [0, 0.1) is 11.3 Å². The number of para-hydroxylation sites is 2. The van der Waals surface area contributed by atoms with Crippen LogP contribution in [0.1, 0.15) is 11.1 Å². The van der Waals surface area contributed by atoms with Crippen molar-refractivity contribution in [3.63, 3.8) is 0 Å². The van der Waals surface area contributed by atoms with E-state index in [1.807, 2.05) is 60.7 Å². The van der Waals surface area contributed by atoms with Gasteiger partial charge in [0.1, 0.15) is 5.75 Å². The minimum absolute atomic E-state index is 0.132. The Labute approximate surface area is 170 Å². The molecule has 1 amide bonds. The first kappa shape index (κ1) is 18.6. The molecule has 0 aromatic heterocycles. The zero-order valence-corrected chi connectivity index (χ0v) is 16.1. The van der Waals surface area contributed by atoms with Crippen molar-refractivity contribution in [1.82, 2.24) is 5.32 Å². The van der Waals surface area contributed by atoms with Gasteiger partial charge in [0.2, 0.25) is 0 Å². The van der Waals surface area contributed by atoms with Crippen LogP contribution >= 0.6 is 0 Å². The average molecular weight is 383 g/mol. The van der Waals surface area contributed by atoms with Gasteiger partial charge in [-0.3, -0.25) is 4.79 Å². The summed E-state index contributed by atoms with van der Waals surface area (Å²) < 4.78 is 5.87. The van der Waals surface area contributed by atoms with Crippen LogP contribution in [-0.4, -0.2) is 25.6 Å². The lowest BCUT2D eigenvalue weighted by Crippen LogP contribution is -2.47. The number of likely N-dealkylation sites (N-methyl/N-ethyl adjacent to an activating group) is 1. The number of hydrogen-bond acceptors (Lipinski definition) is 4. The Balaban J connectivity index is 1.59. The van der Waals surface area contributed by atoms with Crippen molar-refractivity contribution < 1.29 is 9.53 Å². The van der Waals surface area contributed by atoms with Crippen LogP contribution in [0.5, 0.6) is 5.75 Å². The van der Waals surface area contributed by atoms with E-state index in [2.05, 4.69) is 28.4 Å². The first-order valence-corrected chi connectivity index (χ1v) is 9.50. The molecule has 0 radical (unpaired) electrons. The second kappa shape index (κ2) is 8.07. The minimum Gasteiger partial charge on any atom is -0.477 e. The van der Waals surface area contributed by atoms with Crippen molar-refractivity contribution in [2.75, 3.05) is 18.5 Å². The third kappa shape index (κ3) is 3.78. The summed E-state index contributed by atoms with van der Waals surface area (Å²) in [6.45, 7) is 1.14. The zero-order valence-electron chi connectivity index (χ0n) is 16.1. The van der Waals surface area contributed by atoms with Crippen LogP contribution in [0.2, 0.25) is 0 Å². The number of fused-ring (bicyclic) bond motifs is 1. The molecule has 0 spiro atoms. The molecule has 5 nitrogen and oxygen atoms in total. The van der Waals surface area contributed by atoms with Gasteiger partial charge in [-0.05, 0) is 34.9 Å².